The molecule has 0 radical (unpaired) electrons. The predicted octanol–water partition coefficient (Wildman–Crippen LogP) is 0.559. The van der Waals surface area contributed by atoms with Crippen molar-refractivity contribution in [3.63, 3.8) is 0 Å². The molecule has 5 heteroatoms. The van der Waals surface area contributed by atoms with E-state index < -0.39 is 12.3 Å². The fourth-order valence-corrected chi connectivity index (χ4v) is 0.630. The number of aromatic amines is 1. The summed E-state index contributed by atoms with van der Waals surface area (Å²) in [6.07, 6.45) is 2.26. The Hall–Kier alpha value is -1.36. The maximum Gasteiger partial charge on any atom is 0.358 e. The van der Waals surface area contributed by atoms with E-state index >= 15 is 0 Å². The van der Waals surface area contributed by atoms with Crippen LogP contribution in [0.4, 0.5) is 0 Å². The molecule has 5 nitrogen and oxygen atoms in total. The predicted molar refractivity (Wildman–Crippen MR) is 40.5 cm³/mol. The van der Waals surface area contributed by atoms with Gasteiger partial charge in [0.1, 0.15) is 5.69 Å². The van der Waals surface area contributed by atoms with E-state index in [1.54, 1.807) is 6.92 Å². The van der Waals surface area contributed by atoms with E-state index in [0.717, 1.165) is 0 Å². The van der Waals surface area contributed by atoms with Gasteiger partial charge in [-0.3, -0.25) is 0 Å². The van der Waals surface area contributed by atoms with E-state index in [-0.39, 0.29) is 0 Å². The minimum atomic E-state index is -0.541. The Labute approximate surface area is 69.7 Å². The zero-order valence-corrected chi connectivity index (χ0v) is 6.90. The van der Waals surface area contributed by atoms with Crippen LogP contribution in [0.2, 0.25) is 0 Å². The minimum Gasteiger partial charge on any atom is -0.431 e. The molecule has 0 aliphatic carbocycles. The molecule has 12 heavy (non-hydrogen) atoms. The lowest BCUT2D eigenvalue weighted by molar-refractivity contribution is -0.0776. The average Bonchev–Trinajstić information content (AvgIpc) is 2.56. The molecule has 0 fully saturated rings. The molecule has 0 aromatic carbocycles. The van der Waals surface area contributed by atoms with Gasteiger partial charge < -0.3 is 14.5 Å². The highest BCUT2D eigenvalue weighted by Gasteiger charge is 2.11. The standard InChI is InChI=1S/C7H10N2O3/c1-5(11-2)12-7(10)6-3-8-4-9-6/h3-5H,1-2H3,(H,8,9). The van der Waals surface area contributed by atoms with Crippen molar-refractivity contribution in [1.82, 2.24) is 9.97 Å². The lowest BCUT2D eigenvalue weighted by Crippen LogP contribution is -2.16. The lowest BCUT2D eigenvalue weighted by atomic mass is 10.5. The summed E-state index contributed by atoms with van der Waals surface area (Å²) in [5.41, 5.74) is 0.318. The summed E-state index contributed by atoms with van der Waals surface area (Å²) >= 11 is 0. The van der Waals surface area contributed by atoms with E-state index in [1.165, 1.54) is 19.6 Å². The molecule has 0 amide bonds. The summed E-state index contributed by atoms with van der Waals surface area (Å²) in [5.74, 6) is -0.471. The van der Waals surface area contributed by atoms with Crippen LogP contribution in [-0.4, -0.2) is 29.3 Å². The number of esters is 1. The molecule has 1 atom stereocenters. The Morgan fingerprint density at radius 3 is 3.00 bits per heavy atom. The van der Waals surface area contributed by atoms with Gasteiger partial charge in [0, 0.05) is 7.11 Å². The first-order valence-electron chi connectivity index (χ1n) is 3.46. The molecule has 0 saturated heterocycles. The SMILES string of the molecule is COC(C)OC(=O)c1cnc[nH]1. The molecule has 0 bridgehead atoms. The van der Waals surface area contributed by atoms with Gasteiger partial charge >= 0.3 is 5.97 Å². The Morgan fingerprint density at radius 1 is 1.75 bits per heavy atom. The van der Waals surface area contributed by atoms with Gasteiger partial charge in [-0.15, -0.1) is 0 Å². The van der Waals surface area contributed by atoms with Crippen LogP contribution in [0.3, 0.4) is 0 Å². The third kappa shape index (κ3) is 2.06. The van der Waals surface area contributed by atoms with Gasteiger partial charge in [-0.1, -0.05) is 0 Å². The van der Waals surface area contributed by atoms with E-state index in [0.29, 0.717) is 5.69 Å². The zero-order valence-electron chi connectivity index (χ0n) is 6.90. The number of H-pyrrole nitrogens is 1. The Bertz CT molecular complexity index is 245. The summed E-state index contributed by atoms with van der Waals surface area (Å²) in [4.78, 5) is 17.4. The second kappa shape index (κ2) is 3.87. The Balaban J connectivity index is 2.50. The fraction of sp³-hybridized carbons (Fsp3) is 0.429. The second-order valence-corrected chi connectivity index (χ2v) is 2.17. The van der Waals surface area contributed by atoms with Crippen LogP contribution in [0.25, 0.3) is 0 Å². The van der Waals surface area contributed by atoms with Crippen molar-refractivity contribution in [2.45, 2.75) is 13.2 Å². The van der Waals surface area contributed by atoms with E-state index in [2.05, 4.69) is 9.97 Å². The van der Waals surface area contributed by atoms with Crippen molar-refractivity contribution >= 4 is 5.97 Å². The first kappa shape index (κ1) is 8.73. The summed E-state index contributed by atoms with van der Waals surface area (Å²) in [6.45, 7) is 1.63. The molecule has 1 heterocycles. The van der Waals surface area contributed by atoms with Crippen LogP contribution in [-0.2, 0) is 9.47 Å². The summed E-state index contributed by atoms with van der Waals surface area (Å²) in [5, 5.41) is 0. The lowest BCUT2D eigenvalue weighted by Gasteiger charge is -2.09. The quantitative estimate of drug-likeness (QED) is 0.531. The number of hydrogen-bond acceptors (Lipinski definition) is 4. The number of carbonyl (C=O) groups is 1. The van der Waals surface area contributed by atoms with Crippen molar-refractivity contribution in [2.24, 2.45) is 0 Å². The second-order valence-electron chi connectivity index (χ2n) is 2.17. The van der Waals surface area contributed by atoms with E-state index in [9.17, 15) is 4.79 Å². The number of hydrogen-bond donors (Lipinski definition) is 1. The van der Waals surface area contributed by atoms with Crippen LogP contribution in [0.15, 0.2) is 12.5 Å². The number of nitrogens with one attached hydrogen (secondary N) is 1. The van der Waals surface area contributed by atoms with Gasteiger partial charge in [-0.05, 0) is 6.92 Å². The highest BCUT2D eigenvalue weighted by atomic mass is 16.7. The molecule has 1 unspecified atom stereocenters. The number of aromatic nitrogens is 2. The largest absolute Gasteiger partial charge is 0.431 e. The van der Waals surface area contributed by atoms with Crippen LogP contribution in [0.1, 0.15) is 17.4 Å². The number of rotatable bonds is 3. The normalized spacial score (nSPS) is 12.5. The molecule has 1 aromatic heterocycles. The van der Waals surface area contributed by atoms with Gasteiger partial charge in [-0.25, -0.2) is 9.78 Å². The molecular formula is C7H10N2O3. The van der Waals surface area contributed by atoms with E-state index in [4.69, 9.17) is 9.47 Å². The molecular weight excluding hydrogens is 160 g/mol. The number of carbonyl (C=O) groups excluding carboxylic acids is 1. The van der Waals surface area contributed by atoms with Crippen LogP contribution >= 0.6 is 0 Å². The van der Waals surface area contributed by atoms with Crippen molar-refractivity contribution < 1.29 is 14.3 Å². The monoisotopic (exact) mass is 170 g/mol. The summed E-state index contributed by atoms with van der Waals surface area (Å²) in [6, 6.07) is 0. The number of ether oxygens (including phenoxy) is 2. The zero-order chi connectivity index (χ0) is 8.97. The first-order chi connectivity index (χ1) is 5.74. The highest BCUT2D eigenvalue weighted by Crippen LogP contribution is 1.99. The van der Waals surface area contributed by atoms with Crippen molar-refractivity contribution in [2.75, 3.05) is 7.11 Å². The van der Waals surface area contributed by atoms with Crippen molar-refractivity contribution in [3.8, 4) is 0 Å². The van der Waals surface area contributed by atoms with Crippen molar-refractivity contribution in [3.05, 3.63) is 18.2 Å². The molecule has 0 aliphatic rings. The molecule has 1 aromatic rings. The topological polar surface area (TPSA) is 64.2 Å². The number of methoxy groups -OCH3 is 1. The molecule has 1 N–H and O–H groups in total. The van der Waals surface area contributed by atoms with Crippen LogP contribution < -0.4 is 0 Å². The molecule has 0 spiro atoms. The third-order valence-corrected chi connectivity index (χ3v) is 1.32. The molecule has 1 rings (SSSR count). The first-order valence-corrected chi connectivity index (χ1v) is 3.46. The average molecular weight is 170 g/mol. The van der Waals surface area contributed by atoms with Gasteiger partial charge in [0.05, 0.1) is 12.5 Å². The van der Waals surface area contributed by atoms with Gasteiger partial charge in [-0.2, -0.15) is 0 Å². The number of imidazole rings is 1. The van der Waals surface area contributed by atoms with Gasteiger partial charge in [0.25, 0.3) is 0 Å². The molecule has 66 valence electrons. The van der Waals surface area contributed by atoms with Gasteiger partial charge in [0.2, 0.25) is 0 Å². The Kier molecular flexibility index (Phi) is 2.82. The highest BCUT2D eigenvalue weighted by molar-refractivity contribution is 5.86. The van der Waals surface area contributed by atoms with Crippen LogP contribution in [0, 0.1) is 0 Å². The fourth-order valence-electron chi connectivity index (χ4n) is 0.630. The van der Waals surface area contributed by atoms with E-state index in [1.807, 2.05) is 0 Å². The maximum atomic E-state index is 11.1. The number of nitrogens with zero attached hydrogens (tertiary/aromatic N) is 1. The molecule has 0 aliphatic heterocycles. The van der Waals surface area contributed by atoms with Crippen molar-refractivity contribution in [1.29, 1.82) is 0 Å². The minimum absolute atomic E-state index is 0.318. The Morgan fingerprint density at radius 2 is 2.50 bits per heavy atom. The summed E-state index contributed by atoms with van der Waals surface area (Å²) in [7, 11) is 1.46. The smallest absolute Gasteiger partial charge is 0.358 e. The van der Waals surface area contributed by atoms with Gasteiger partial charge in [0.15, 0.2) is 6.29 Å². The molecule has 0 saturated carbocycles. The third-order valence-electron chi connectivity index (χ3n) is 1.32. The maximum absolute atomic E-state index is 11.1. The van der Waals surface area contributed by atoms with Crippen LogP contribution in [0.5, 0.6) is 0 Å². The summed E-state index contributed by atoms with van der Waals surface area (Å²) < 4.78 is 9.55.